The lowest BCUT2D eigenvalue weighted by molar-refractivity contribution is 0.0689. The second kappa shape index (κ2) is 12.9. The Kier molecular flexibility index (Phi) is 9.28. The number of imidazole rings is 1. The number of piperazine rings is 1. The maximum Gasteiger partial charge on any atom is 0.259 e. The highest BCUT2D eigenvalue weighted by atomic mass is 32.2. The summed E-state index contributed by atoms with van der Waals surface area (Å²) in [6, 6.07) is 11.4. The zero-order chi connectivity index (χ0) is 30.7. The molecule has 1 saturated heterocycles. The zero-order valence-electron chi connectivity index (χ0n) is 25.7. The normalized spacial score (nSPS) is 16.4. The summed E-state index contributed by atoms with van der Waals surface area (Å²) in [4.78, 5) is 24.9. The van der Waals surface area contributed by atoms with E-state index in [2.05, 4.69) is 32.5 Å². The summed E-state index contributed by atoms with van der Waals surface area (Å²) in [6.07, 6.45) is 2.56. The van der Waals surface area contributed by atoms with Crippen LogP contribution in [0.1, 0.15) is 53.1 Å². The summed E-state index contributed by atoms with van der Waals surface area (Å²) < 4.78 is 41.1. The van der Waals surface area contributed by atoms with Crippen LogP contribution in [0.3, 0.4) is 0 Å². The van der Waals surface area contributed by atoms with Gasteiger partial charge in [-0.05, 0) is 56.1 Å². The molecule has 0 unspecified atom stereocenters. The molecule has 2 aliphatic rings. The molecule has 3 aromatic rings. The number of rotatable bonds is 12. The molecule has 11 nitrogen and oxygen atoms in total. The van der Waals surface area contributed by atoms with Crippen molar-refractivity contribution in [2.24, 2.45) is 7.05 Å². The molecule has 0 radical (unpaired) electrons. The number of hydrogen-bond donors (Lipinski definition) is 1. The SMILES string of the molecule is CCN1CCN(c2cccc3c2CN([C@H](CCCNS(=O)(=O)c2cn(C)c(C)n2)c2ccc(OC)c(OC)c2)C3=O)CC1. The zero-order valence-corrected chi connectivity index (χ0v) is 26.5. The fourth-order valence-corrected chi connectivity index (χ4v) is 7.10. The van der Waals surface area contributed by atoms with Crippen molar-refractivity contribution in [3.8, 4) is 11.5 Å². The summed E-state index contributed by atoms with van der Waals surface area (Å²) in [5.74, 6) is 1.78. The molecule has 1 amide bonds. The van der Waals surface area contributed by atoms with E-state index in [1.54, 1.807) is 32.8 Å². The number of aryl methyl sites for hydroxylation is 2. The highest BCUT2D eigenvalue weighted by molar-refractivity contribution is 7.89. The maximum absolute atomic E-state index is 14.0. The highest BCUT2D eigenvalue weighted by Crippen LogP contribution is 2.40. The summed E-state index contributed by atoms with van der Waals surface area (Å²) in [5.41, 5.74) is 3.80. The van der Waals surface area contributed by atoms with Crippen LogP contribution in [-0.2, 0) is 23.6 Å². The van der Waals surface area contributed by atoms with E-state index in [-0.39, 0.29) is 23.5 Å². The van der Waals surface area contributed by atoms with E-state index < -0.39 is 10.0 Å². The van der Waals surface area contributed by atoms with E-state index in [1.807, 2.05) is 35.2 Å². The van der Waals surface area contributed by atoms with Crippen LogP contribution in [0.4, 0.5) is 5.69 Å². The van der Waals surface area contributed by atoms with E-state index in [4.69, 9.17) is 9.47 Å². The van der Waals surface area contributed by atoms with Gasteiger partial charge in [-0.15, -0.1) is 0 Å². The average Bonchev–Trinajstić information content (AvgIpc) is 3.55. The van der Waals surface area contributed by atoms with Crippen molar-refractivity contribution in [2.45, 2.75) is 44.3 Å². The maximum atomic E-state index is 14.0. The van der Waals surface area contributed by atoms with Gasteiger partial charge in [-0.25, -0.2) is 18.1 Å². The van der Waals surface area contributed by atoms with Crippen molar-refractivity contribution in [1.29, 1.82) is 0 Å². The first-order valence-electron chi connectivity index (χ1n) is 14.8. The van der Waals surface area contributed by atoms with Crippen LogP contribution in [0.25, 0.3) is 0 Å². The molecule has 0 saturated carbocycles. The number of sulfonamides is 1. The first-order chi connectivity index (χ1) is 20.7. The summed E-state index contributed by atoms with van der Waals surface area (Å²) >= 11 is 0. The third kappa shape index (κ3) is 6.36. The number of carbonyl (C=O) groups excluding carboxylic acids is 1. The number of anilines is 1. The van der Waals surface area contributed by atoms with Crippen molar-refractivity contribution in [2.75, 3.05) is 58.4 Å². The minimum Gasteiger partial charge on any atom is -0.493 e. The Bertz CT molecular complexity index is 1550. The number of nitrogens with zero attached hydrogens (tertiary/aromatic N) is 5. The quantitative estimate of drug-likeness (QED) is 0.311. The van der Waals surface area contributed by atoms with Gasteiger partial charge in [0.15, 0.2) is 16.5 Å². The molecule has 1 atom stereocenters. The Labute approximate surface area is 254 Å². The molecule has 1 N–H and O–H groups in total. The molecule has 2 aliphatic heterocycles. The lowest BCUT2D eigenvalue weighted by atomic mass is 9.99. The molecule has 1 aromatic heterocycles. The van der Waals surface area contributed by atoms with Gasteiger partial charge in [-0.2, -0.15) is 0 Å². The summed E-state index contributed by atoms with van der Waals surface area (Å²) in [5, 5.41) is 0.00131. The number of carbonyl (C=O) groups is 1. The van der Waals surface area contributed by atoms with E-state index in [0.717, 1.165) is 55.1 Å². The van der Waals surface area contributed by atoms with Gasteiger partial charge in [0.05, 0.1) is 20.3 Å². The van der Waals surface area contributed by atoms with Crippen molar-refractivity contribution >= 4 is 21.6 Å². The Hall–Kier alpha value is -3.61. The molecule has 43 heavy (non-hydrogen) atoms. The van der Waals surface area contributed by atoms with Crippen molar-refractivity contribution in [3.63, 3.8) is 0 Å². The molecule has 0 bridgehead atoms. The van der Waals surface area contributed by atoms with Gasteiger partial charge in [0, 0.05) is 69.3 Å². The van der Waals surface area contributed by atoms with Crippen LogP contribution < -0.4 is 19.1 Å². The fourth-order valence-electron chi connectivity index (χ4n) is 5.99. The first-order valence-corrected chi connectivity index (χ1v) is 16.3. The number of amides is 1. The van der Waals surface area contributed by atoms with Gasteiger partial charge >= 0.3 is 0 Å². The second-order valence-corrected chi connectivity index (χ2v) is 12.8. The van der Waals surface area contributed by atoms with Crippen LogP contribution in [0.5, 0.6) is 11.5 Å². The average molecular weight is 611 g/mol. The minimum absolute atomic E-state index is 0.00131. The molecule has 0 aliphatic carbocycles. The number of aromatic nitrogens is 2. The number of fused-ring (bicyclic) bond motifs is 1. The number of benzene rings is 2. The summed E-state index contributed by atoms with van der Waals surface area (Å²) in [7, 11) is 1.19. The Morgan fingerprint density at radius 2 is 1.79 bits per heavy atom. The predicted octanol–water partition coefficient (Wildman–Crippen LogP) is 3.34. The lowest BCUT2D eigenvalue weighted by Crippen LogP contribution is -2.46. The number of methoxy groups -OCH3 is 2. The molecule has 1 fully saturated rings. The standard InChI is InChI=1S/C31H42N6O5S/c1-6-35-15-17-36(18-16-35)27-10-7-9-24-25(27)20-37(31(24)38)26(23-12-13-28(41-4)29(19-23)42-5)11-8-14-32-43(39,40)30-21-34(3)22(2)33-30/h7,9-10,12-13,19,21,26,32H,6,8,11,14-18,20H2,1-5H3/t26-/m1/s1. The van der Waals surface area contributed by atoms with E-state index >= 15 is 0 Å². The third-order valence-electron chi connectivity index (χ3n) is 8.61. The third-order valence-corrected chi connectivity index (χ3v) is 9.94. The highest BCUT2D eigenvalue weighted by Gasteiger charge is 2.36. The first kappa shape index (κ1) is 30.8. The Morgan fingerprint density at radius 3 is 2.44 bits per heavy atom. The largest absolute Gasteiger partial charge is 0.493 e. The monoisotopic (exact) mass is 610 g/mol. The predicted molar refractivity (Wildman–Crippen MR) is 165 cm³/mol. The van der Waals surface area contributed by atoms with E-state index in [1.165, 1.54) is 6.20 Å². The van der Waals surface area contributed by atoms with Gasteiger partial charge in [0.25, 0.3) is 15.9 Å². The van der Waals surface area contributed by atoms with Gasteiger partial charge in [-0.1, -0.05) is 19.1 Å². The van der Waals surface area contributed by atoms with Crippen LogP contribution >= 0.6 is 0 Å². The molecule has 0 spiro atoms. The van der Waals surface area contributed by atoms with Crippen LogP contribution in [0.15, 0.2) is 47.6 Å². The molecule has 5 rings (SSSR count). The Balaban J connectivity index is 1.38. The molecule has 12 heteroatoms. The topological polar surface area (TPSA) is 109 Å². The second-order valence-electron chi connectivity index (χ2n) is 11.1. The van der Waals surface area contributed by atoms with E-state index in [9.17, 15) is 13.2 Å². The van der Waals surface area contributed by atoms with E-state index in [0.29, 0.717) is 36.7 Å². The smallest absolute Gasteiger partial charge is 0.259 e. The van der Waals surface area contributed by atoms with Crippen LogP contribution in [-0.4, -0.2) is 87.2 Å². The number of likely N-dealkylation sites (N-methyl/N-ethyl adjacent to an activating group) is 1. The van der Waals surface area contributed by atoms with Crippen LogP contribution in [0, 0.1) is 6.92 Å². The number of hydrogen-bond acceptors (Lipinski definition) is 8. The molecule has 3 heterocycles. The molecular weight excluding hydrogens is 568 g/mol. The van der Waals surface area contributed by atoms with Crippen molar-refractivity contribution in [1.82, 2.24) is 24.1 Å². The van der Waals surface area contributed by atoms with Gasteiger partial charge in [0.2, 0.25) is 0 Å². The summed E-state index contributed by atoms with van der Waals surface area (Å²) in [6.45, 7) is 9.53. The lowest BCUT2D eigenvalue weighted by Gasteiger charge is -2.36. The van der Waals surface area contributed by atoms with Crippen molar-refractivity contribution in [3.05, 3.63) is 65.1 Å². The molecular formula is C31H42N6O5S. The Morgan fingerprint density at radius 1 is 1.05 bits per heavy atom. The fraction of sp³-hybridized carbons (Fsp3) is 0.484. The number of nitrogens with one attached hydrogen (secondary N) is 1. The van der Waals surface area contributed by atoms with Gasteiger partial charge in [-0.3, -0.25) is 4.79 Å². The van der Waals surface area contributed by atoms with Crippen LogP contribution in [0.2, 0.25) is 0 Å². The molecule has 2 aromatic carbocycles. The van der Waals surface area contributed by atoms with Crippen molar-refractivity contribution < 1.29 is 22.7 Å². The minimum atomic E-state index is -3.75. The van der Waals surface area contributed by atoms with Gasteiger partial charge < -0.3 is 28.7 Å². The number of ether oxygens (including phenoxy) is 2. The van der Waals surface area contributed by atoms with Gasteiger partial charge in [0.1, 0.15) is 5.82 Å². The molecule has 232 valence electrons.